The van der Waals surface area contributed by atoms with Crippen molar-refractivity contribution in [3.63, 3.8) is 0 Å². The van der Waals surface area contributed by atoms with Crippen molar-refractivity contribution in [3.05, 3.63) is 24.2 Å². The van der Waals surface area contributed by atoms with Gasteiger partial charge in [-0.05, 0) is 12.1 Å². The molecule has 1 saturated heterocycles. The van der Waals surface area contributed by atoms with Crippen LogP contribution in [0.15, 0.2) is 22.8 Å². The summed E-state index contributed by atoms with van der Waals surface area (Å²) < 4.78 is 27.9. The predicted octanol–water partition coefficient (Wildman–Crippen LogP) is 0.00980. The first-order valence-corrected chi connectivity index (χ1v) is 7.12. The molecule has 1 fully saturated rings. The minimum Gasteiger partial charge on any atom is -0.468 e. The molecule has 0 radical (unpaired) electrons. The molecule has 1 atom stereocenters. The summed E-state index contributed by atoms with van der Waals surface area (Å²) in [5.74, 6) is 1.23. The second kappa shape index (κ2) is 4.57. The zero-order valence-corrected chi connectivity index (χ0v) is 9.82. The van der Waals surface area contributed by atoms with Gasteiger partial charge in [-0.15, -0.1) is 0 Å². The molecular weight excluding hydrogens is 228 g/mol. The Labute approximate surface area is 95.1 Å². The third kappa shape index (κ3) is 2.45. The molecule has 1 aliphatic heterocycles. The van der Waals surface area contributed by atoms with Crippen molar-refractivity contribution in [3.8, 4) is 0 Å². The number of sulfone groups is 1. The number of nitrogens with two attached hydrogens (primary N) is 1. The molecule has 2 N–H and O–H groups in total. The van der Waals surface area contributed by atoms with Gasteiger partial charge in [0.25, 0.3) is 0 Å². The van der Waals surface area contributed by atoms with Gasteiger partial charge < -0.3 is 10.2 Å². The zero-order valence-electron chi connectivity index (χ0n) is 9.00. The van der Waals surface area contributed by atoms with E-state index >= 15 is 0 Å². The number of rotatable bonds is 3. The minimum absolute atomic E-state index is 0.00880. The Bertz CT molecular complexity index is 413. The van der Waals surface area contributed by atoms with Crippen LogP contribution in [0.5, 0.6) is 0 Å². The second-order valence-electron chi connectivity index (χ2n) is 3.95. The molecule has 0 spiro atoms. The van der Waals surface area contributed by atoms with Gasteiger partial charge in [0, 0.05) is 19.6 Å². The molecule has 1 aliphatic rings. The van der Waals surface area contributed by atoms with Gasteiger partial charge >= 0.3 is 0 Å². The normalized spacial score (nSPS) is 23.1. The summed E-state index contributed by atoms with van der Waals surface area (Å²) in [6.07, 6.45) is 1.61. The van der Waals surface area contributed by atoms with Gasteiger partial charge in [-0.25, -0.2) is 8.42 Å². The SMILES string of the molecule is NCC(c1ccco1)N1CCS(=O)(=O)CC1. The first-order valence-electron chi connectivity index (χ1n) is 5.30. The minimum atomic E-state index is -2.84. The molecule has 2 heterocycles. The first kappa shape index (κ1) is 11.6. The van der Waals surface area contributed by atoms with E-state index in [1.165, 1.54) is 0 Å². The quantitative estimate of drug-likeness (QED) is 0.810. The summed E-state index contributed by atoms with van der Waals surface area (Å²) in [6.45, 7) is 1.50. The van der Waals surface area contributed by atoms with Gasteiger partial charge in [0.1, 0.15) is 5.76 Å². The lowest BCUT2D eigenvalue weighted by atomic mass is 10.2. The molecule has 0 aromatic carbocycles. The van der Waals surface area contributed by atoms with Crippen molar-refractivity contribution < 1.29 is 12.8 Å². The average molecular weight is 244 g/mol. The van der Waals surface area contributed by atoms with Crippen LogP contribution in [0.25, 0.3) is 0 Å². The molecule has 0 bridgehead atoms. The molecule has 90 valence electrons. The Morgan fingerprint density at radius 3 is 2.62 bits per heavy atom. The van der Waals surface area contributed by atoms with Crippen LogP contribution in [0.2, 0.25) is 0 Å². The van der Waals surface area contributed by atoms with Crippen molar-refractivity contribution in [2.75, 3.05) is 31.1 Å². The Morgan fingerprint density at radius 1 is 1.44 bits per heavy atom. The average Bonchev–Trinajstić information content (AvgIpc) is 2.75. The van der Waals surface area contributed by atoms with Gasteiger partial charge in [0.05, 0.1) is 23.8 Å². The monoisotopic (exact) mass is 244 g/mol. The zero-order chi connectivity index (χ0) is 11.6. The van der Waals surface area contributed by atoms with Crippen molar-refractivity contribution in [2.24, 2.45) is 5.73 Å². The summed E-state index contributed by atoms with van der Waals surface area (Å²) >= 11 is 0. The van der Waals surface area contributed by atoms with Crippen LogP contribution in [-0.4, -0.2) is 44.5 Å². The summed E-state index contributed by atoms with van der Waals surface area (Å²) in [5.41, 5.74) is 5.71. The molecular formula is C10H16N2O3S. The van der Waals surface area contributed by atoms with Crippen LogP contribution in [0.3, 0.4) is 0 Å². The molecule has 16 heavy (non-hydrogen) atoms. The van der Waals surface area contributed by atoms with Gasteiger partial charge in [0.15, 0.2) is 9.84 Å². The second-order valence-corrected chi connectivity index (χ2v) is 6.26. The topological polar surface area (TPSA) is 76.5 Å². The standard InChI is InChI=1S/C10H16N2O3S/c11-8-9(10-2-1-5-15-10)12-3-6-16(13,14)7-4-12/h1-2,5,9H,3-4,6-8,11H2. The van der Waals surface area contributed by atoms with Crippen molar-refractivity contribution in [1.29, 1.82) is 0 Å². The highest BCUT2D eigenvalue weighted by atomic mass is 32.2. The molecule has 0 amide bonds. The van der Waals surface area contributed by atoms with Crippen LogP contribution >= 0.6 is 0 Å². The number of furan rings is 1. The lowest BCUT2D eigenvalue weighted by Crippen LogP contribution is -2.44. The van der Waals surface area contributed by atoms with Crippen molar-refractivity contribution in [2.45, 2.75) is 6.04 Å². The summed E-state index contributed by atoms with van der Waals surface area (Å²) in [7, 11) is -2.84. The molecule has 5 nitrogen and oxygen atoms in total. The maximum absolute atomic E-state index is 11.3. The van der Waals surface area contributed by atoms with Crippen LogP contribution in [-0.2, 0) is 9.84 Å². The molecule has 6 heteroatoms. The Kier molecular flexibility index (Phi) is 3.32. The van der Waals surface area contributed by atoms with Crippen molar-refractivity contribution in [1.82, 2.24) is 4.90 Å². The van der Waals surface area contributed by atoms with E-state index in [4.69, 9.17) is 10.2 Å². The van der Waals surface area contributed by atoms with E-state index < -0.39 is 9.84 Å². The largest absolute Gasteiger partial charge is 0.468 e. The highest BCUT2D eigenvalue weighted by molar-refractivity contribution is 7.91. The molecule has 0 aliphatic carbocycles. The fourth-order valence-electron chi connectivity index (χ4n) is 1.96. The van der Waals surface area contributed by atoms with Crippen LogP contribution in [0.4, 0.5) is 0 Å². The van der Waals surface area contributed by atoms with Crippen LogP contribution in [0.1, 0.15) is 11.8 Å². The van der Waals surface area contributed by atoms with Gasteiger partial charge in [-0.2, -0.15) is 0 Å². The predicted molar refractivity (Wildman–Crippen MR) is 60.7 cm³/mol. The van der Waals surface area contributed by atoms with E-state index in [1.54, 1.807) is 6.26 Å². The molecule has 0 saturated carbocycles. The van der Waals surface area contributed by atoms with E-state index in [0.29, 0.717) is 19.6 Å². The highest BCUT2D eigenvalue weighted by Crippen LogP contribution is 2.21. The summed E-state index contributed by atoms with van der Waals surface area (Å²) in [5, 5.41) is 0. The third-order valence-corrected chi connectivity index (χ3v) is 4.52. The van der Waals surface area contributed by atoms with E-state index in [9.17, 15) is 8.42 Å². The fourth-order valence-corrected chi connectivity index (χ4v) is 3.19. The lowest BCUT2D eigenvalue weighted by molar-refractivity contribution is 0.194. The maximum Gasteiger partial charge on any atom is 0.152 e. The number of nitrogens with zero attached hydrogens (tertiary/aromatic N) is 1. The van der Waals surface area contributed by atoms with Gasteiger partial charge in [-0.1, -0.05) is 0 Å². The number of hydrogen-bond donors (Lipinski definition) is 1. The van der Waals surface area contributed by atoms with E-state index in [1.807, 2.05) is 12.1 Å². The third-order valence-electron chi connectivity index (χ3n) is 2.91. The highest BCUT2D eigenvalue weighted by Gasteiger charge is 2.28. The van der Waals surface area contributed by atoms with E-state index in [-0.39, 0.29) is 17.5 Å². The smallest absolute Gasteiger partial charge is 0.152 e. The van der Waals surface area contributed by atoms with Gasteiger partial charge in [-0.3, -0.25) is 4.90 Å². The summed E-state index contributed by atoms with van der Waals surface area (Å²) in [4.78, 5) is 2.07. The first-order chi connectivity index (χ1) is 7.62. The molecule has 2 rings (SSSR count). The van der Waals surface area contributed by atoms with E-state index in [0.717, 1.165) is 5.76 Å². The summed E-state index contributed by atoms with van der Waals surface area (Å²) in [6, 6.07) is 3.68. The van der Waals surface area contributed by atoms with E-state index in [2.05, 4.69) is 4.90 Å². The fraction of sp³-hybridized carbons (Fsp3) is 0.600. The Balaban J connectivity index is 2.07. The molecule has 1 aromatic rings. The van der Waals surface area contributed by atoms with Crippen molar-refractivity contribution >= 4 is 9.84 Å². The molecule has 1 unspecified atom stereocenters. The number of hydrogen-bond acceptors (Lipinski definition) is 5. The maximum atomic E-state index is 11.3. The van der Waals surface area contributed by atoms with Gasteiger partial charge in [0.2, 0.25) is 0 Å². The molecule has 1 aromatic heterocycles. The van der Waals surface area contributed by atoms with Crippen LogP contribution < -0.4 is 5.73 Å². The lowest BCUT2D eigenvalue weighted by Gasteiger charge is -2.32. The Hall–Kier alpha value is -0.850. The Morgan fingerprint density at radius 2 is 2.12 bits per heavy atom. The van der Waals surface area contributed by atoms with Crippen LogP contribution in [0, 0.1) is 0 Å².